The van der Waals surface area contributed by atoms with Gasteiger partial charge in [-0.1, -0.05) is 6.58 Å². The zero-order chi connectivity index (χ0) is 18.4. The highest BCUT2D eigenvalue weighted by Gasteiger charge is 2.11. The predicted molar refractivity (Wildman–Crippen MR) is 92.0 cm³/mol. The molecule has 0 unspecified atom stereocenters. The highest BCUT2D eigenvalue weighted by molar-refractivity contribution is 5.72. The number of benzene rings is 2. The number of aryl methyl sites for hydroxylation is 1. The summed E-state index contributed by atoms with van der Waals surface area (Å²) < 4.78 is 40.3. The van der Waals surface area contributed by atoms with Gasteiger partial charge in [-0.2, -0.15) is 5.26 Å². The third-order valence-corrected chi connectivity index (χ3v) is 3.56. The summed E-state index contributed by atoms with van der Waals surface area (Å²) in [7, 11) is 0. The lowest BCUT2D eigenvalue weighted by atomic mass is 10.0. The van der Waals surface area contributed by atoms with Gasteiger partial charge in [0.15, 0.2) is 11.6 Å². The van der Waals surface area contributed by atoms with E-state index in [0.29, 0.717) is 22.4 Å². The van der Waals surface area contributed by atoms with Crippen LogP contribution in [0.5, 0.6) is 0 Å². The van der Waals surface area contributed by atoms with Crippen LogP contribution in [-0.4, -0.2) is 6.54 Å². The van der Waals surface area contributed by atoms with Gasteiger partial charge in [0, 0.05) is 18.4 Å². The van der Waals surface area contributed by atoms with Gasteiger partial charge in [-0.05, 0) is 60.2 Å². The van der Waals surface area contributed by atoms with Crippen LogP contribution in [0.15, 0.2) is 49.3 Å². The van der Waals surface area contributed by atoms with E-state index in [-0.39, 0.29) is 12.1 Å². The molecule has 0 saturated carbocycles. The van der Waals surface area contributed by atoms with E-state index in [2.05, 4.69) is 17.2 Å². The molecule has 0 spiro atoms. The molecule has 2 rings (SSSR count). The summed E-state index contributed by atoms with van der Waals surface area (Å²) in [6.45, 7) is 5.45. The first-order valence-corrected chi connectivity index (χ1v) is 7.41. The van der Waals surface area contributed by atoms with Gasteiger partial charge in [0.2, 0.25) is 0 Å². The molecule has 0 aliphatic rings. The van der Waals surface area contributed by atoms with Gasteiger partial charge in [0.05, 0.1) is 5.56 Å². The molecular weight excluding hydrogens is 327 g/mol. The zero-order valence-electron chi connectivity index (χ0n) is 13.5. The van der Waals surface area contributed by atoms with Gasteiger partial charge >= 0.3 is 0 Å². The van der Waals surface area contributed by atoms with Crippen molar-refractivity contribution in [2.24, 2.45) is 0 Å². The summed E-state index contributed by atoms with van der Waals surface area (Å²) >= 11 is 0. The fourth-order valence-electron chi connectivity index (χ4n) is 2.29. The standard InChI is InChI=1S/C19H16F3N3/c1-3-24-10-14(16-8-19(22)18(21)6-12(16)2)11-25-15-4-5-17(20)13(7-15)9-23/h3-8,10,24-25H,1,11H2,2H3/b14-10-. The molecule has 0 fully saturated rings. The Balaban J connectivity index is 2.29. The van der Waals surface area contributed by atoms with Crippen molar-refractivity contribution in [2.75, 3.05) is 11.9 Å². The molecule has 2 N–H and O–H groups in total. The van der Waals surface area contributed by atoms with Crippen LogP contribution in [0.2, 0.25) is 0 Å². The number of nitrogens with zero attached hydrogens (tertiary/aromatic N) is 1. The molecule has 2 aromatic rings. The van der Waals surface area contributed by atoms with Gasteiger partial charge in [0.1, 0.15) is 11.9 Å². The molecular formula is C19H16F3N3. The van der Waals surface area contributed by atoms with E-state index in [0.717, 1.165) is 12.1 Å². The molecule has 0 heterocycles. The molecule has 2 aromatic carbocycles. The Morgan fingerprint density at radius 3 is 2.56 bits per heavy atom. The summed E-state index contributed by atoms with van der Waals surface area (Å²) in [6, 6.07) is 8.07. The van der Waals surface area contributed by atoms with Crippen molar-refractivity contribution in [1.29, 1.82) is 5.26 Å². The fourth-order valence-corrected chi connectivity index (χ4v) is 2.29. The van der Waals surface area contributed by atoms with Crippen LogP contribution in [0, 0.1) is 35.7 Å². The van der Waals surface area contributed by atoms with Crippen LogP contribution < -0.4 is 10.6 Å². The molecule has 0 saturated heterocycles. The normalized spacial score (nSPS) is 10.9. The third-order valence-electron chi connectivity index (χ3n) is 3.56. The number of hydrogen-bond acceptors (Lipinski definition) is 3. The average Bonchev–Trinajstić information content (AvgIpc) is 2.60. The first-order chi connectivity index (χ1) is 12.0. The third kappa shape index (κ3) is 4.42. The van der Waals surface area contributed by atoms with Gasteiger partial charge in [-0.15, -0.1) is 0 Å². The fraction of sp³-hybridized carbons (Fsp3) is 0.105. The number of rotatable bonds is 6. The van der Waals surface area contributed by atoms with E-state index in [1.54, 1.807) is 19.2 Å². The lowest BCUT2D eigenvalue weighted by Gasteiger charge is -2.14. The molecule has 0 aliphatic heterocycles. The Labute approximate surface area is 144 Å². The monoisotopic (exact) mass is 343 g/mol. The van der Waals surface area contributed by atoms with Crippen molar-refractivity contribution in [2.45, 2.75) is 6.92 Å². The average molecular weight is 343 g/mol. The van der Waals surface area contributed by atoms with Crippen molar-refractivity contribution in [3.63, 3.8) is 0 Å². The van der Waals surface area contributed by atoms with E-state index < -0.39 is 17.5 Å². The summed E-state index contributed by atoms with van der Waals surface area (Å²) in [5, 5.41) is 14.7. The highest BCUT2D eigenvalue weighted by Crippen LogP contribution is 2.23. The van der Waals surface area contributed by atoms with Crippen LogP contribution in [-0.2, 0) is 0 Å². The van der Waals surface area contributed by atoms with Gasteiger partial charge in [-0.25, -0.2) is 13.2 Å². The molecule has 128 valence electrons. The molecule has 3 nitrogen and oxygen atoms in total. The van der Waals surface area contributed by atoms with E-state index in [1.165, 1.54) is 24.4 Å². The van der Waals surface area contributed by atoms with Crippen molar-refractivity contribution in [3.05, 3.63) is 83.5 Å². The van der Waals surface area contributed by atoms with Crippen LogP contribution in [0.3, 0.4) is 0 Å². The Bertz CT molecular complexity index is 867. The van der Waals surface area contributed by atoms with E-state index in [1.807, 2.05) is 0 Å². The maximum atomic E-state index is 13.6. The molecule has 0 aliphatic carbocycles. The second kappa shape index (κ2) is 8.06. The Kier molecular flexibility index (Phi) is 5.85. The number of hydrogen-bond donors (Lipinski definition) is 2. The molecule has 0 radical (unpaired) electrons. The SMILES string of the molecule is C=CN/C=C(/CNc1ccc(F)c(C#N)c1)c1cc(F)c(F)cc1C. The number of anilines is 1. The molecule has 0 amide bonds. The largest absolute Gasteiger partial charge is 0.381 e. The van der Waals surface area contributed by atoms with Gasteiger partial charge in [-0.3, -0.25) is 0 Å². The molecule has 25 heavy (non-hydrogen) atoms. The number of halogens is 3. The second-order valence-electron chi connectivity index (χ2n) is 5.28. The Morgan fingerprint density at radius 2 is 1.88 bits per heavy atom. The molecule has 6 heteroatoms. The minimum absolute atomic E-state index is 0.0799. The van der Waals surface area contributed by atoms with Crippen LogP contribution in [0.25, 0.3) is 5.57 Å². The smallest absolute Gasteiger partial charge is 0.159 e. The van der Waals surface area contributed by atoms with Gasteiger partial charge < -0.3 is 10.6 Å². The quantitative estimate of drug-likeness (QED) is 0.813. The zero-order valence-corrected chi connectivity index (χ0v) is 13.5. The van der Waals surface area contributed by atoms with Gasteiger partial charge in [0.25, 0.3) is 0 Å². The summed E-state index contributed by atoms with van der Waals surface area (Å²) in [4.78, 5) is 0. The van der Waals surface area contributed by atoms with Crippen LogP contribution >= 0.6 is 0 Å². The van der Waals surface area contributed by atoms with Crippen molar-refractivity contribution < 1.29 is 13.2 Å². The first-order valence-electron chi connectivity index (χ1n) is 7.41. The van der Waals surface area contributed by atoms with Crippen molar-refractivity contribution in [1.82, 2.24) is 5.32 Å². The minimum atomic E-state index is -0.946. The van der Waals surface area contributed by atoms with Crippen LogP contribution in [0.4, 0.5) is 18.9 Å². The topological polar surface area (TPSA) is 47.8 Å². The molecule has 0 atom stereocenters. The lowest BCUT2D eigenvalue weighted by Crippen LogP contribution is -2.09. The maximum Gasteiger partial charge on any atom is 0.159 e. The first kappa shape index (κ1) is 18.1. The molecule has 0 aromatic heterocycles. The van der Waals surface area contributed by atoms with Crippen molar-refractivity contribution >= 4 is 11.3 Å². The van der Waals surface area contributed by atoms with Crippen molar-refractivity contribution in [3.8, 4) is 6.07 Å². The van der Waals surface area contributed by atoms with E-state index in [4.69, 9.17) is 5.26 Å². The van der Waals surface area contributed by atoms with E-state index in [9.17, 15) is 13.2 Å². The molecule has 0 bridgehead atoms. The number of nitriles is 1. The van der Waals surface area contributed by atoms with E-state index >= 15 is 0 Å². The Hall–Kier alpha value is -3.20. The minimum Gasteiger partial charge on any atom is -0.381 e. The summed E-state index contributed by atoms with van der Waals surface area (Å²) in [6.07, 6.45) is 3.05. The number of nitrogens with one attached hydrogen (secondary N) is 2. The lowest BCUT2D eigenvalue weighted by molar-refractivity contribution is 0.507. The highest BCUT2D eigenvalue weighted by atomic mass is 19.2. The Morgan fingerprint density at radius 1 is 1.16 bits per heavy atom. The summed E-state index contributed by atoms with van der Waals surface area (Å²) in [5.41, 5.74) is 2.17. The second-order valence-corrected chi connectivity index (χ2v) is 5.28. The maximum absolute atomic E-state index is 13.6. The van der Waals surface area contributed by atoms with Crippen LogP contribution in [0.1, 0.15) is 16.7 Å². The predicted octanol–water partition coefficient (Wildman–Crippen LogP) is 4.47. The summed E-state index contributed by atoms with van der Waals surface area (Å²) in [5.74, 6) is -2.46.